The summed E-state index contributed by atoms with van der Waals surface area (Å²) in [6.45, 7) is 20.3. The highest BCUT2D eigenvalue weighted by Gasteiger charge is 2.16. The van der Waals surface area contributed by atoms with Crippen LogP contribution in [0.3, 0.4) is 0 Å². The van der Waals surface area contributed by atoms with Crippen LogP contribution in [-0.4, -0.2) is 21.8 Å². The van der Waals surface area contributed by atoms with Crippen molar-refractivity contribution in [2.24, 2.45) is 11.8 Å². The lowest BCUT2D eigenvalue weighted by Crippen LogP contribution is -2.11. The molecule has 0 saturated carbocycles. The molecule has 4 heteroatoms. The maximum atomic E-state index is 6.14. The topological polar surface area (TPSA) is 50.8 Å². The molecule has 0 fully saturated rings. The van der Waals surface area contributed by atoms with E-state index in [2.05, 4.69) is 85.6 Å². The van der Waals surface area contributed by atoms with Gasteiger partial charge in [0.05, 0.1) is 24.2 Å². The minimum atomic E-state index is 0.657. The Balaban J connectivity index is 1.53. The van der Waals surface area contributed by atoms with E-state index in [0.29, 0.717) is 11.8 Å². The largest absolute Gasteiger partial charge is 0.494 e. The van der Waals surface area contributed by atoms with Crippen LogP contribution in [-0.2, 0) is 4.74 Å². The van der Waals surface area contributed by atoms with Crippen molar-refractivity contribution in [1.29, 1.82) is 0 Å². The standard InChI is InChI=1S/C37H49N3O/c1-8-16-29(6)34(27(3)4)20-12-10-11-13-24-41-33(9-2)25-32-19-15-18-31(23-22-28(32)5)35-26-38-40-37(35)36-21-14-17-30(7)39-36/h9,14-15,17-19,21-23,25-27,34H,5-6,8,10-13,16,20,24H2,1-4,7H3,(H,38,40)/b19-15+,23-22-,31-18-,32-25-,33-9+. The highest BCUT2D eigenvalue weighted by molar-refractivity contribution is 5.84. The predicted molar refractivity (Wildman–Crippen MR) is 175 cm³/mol. The van der Waals surface area contributed by atoms with Crippen LogP contribution in [0.1, 0.15) is 83.9 Å². The quantitative estimate of drug-likeness (QED) is 0.136. The SMILES string of the molecule is C=C1\C=C/C(c2cn[nH]c2-c2cccc(C)n2)=C/C=C/C1=C/C(=C\C)OCCCCCCC(C(=C)CCC)C(C)C. The number of aromatic amines is 1. The zero-order valence-electron chi connectivity index (χ0n) is 25.9. The van der Waals surface area contributed by atoms with Gasteiger partial charge in [-0.25, -0.2) is 0 Å². The molecule has 0 saturated heterocycles. The first kappa shape index (κ1) is 31.9. The van der Waals surface area contributed by atoms with Crippen LogP contribution in [0.4, 0.5) is 0 Å². The molecule has 1 unspecified atom stereocenters. The predicted octanol–water partition coefficient (Wildman–Crippen LogP) is 10.3. The Morgan fingerprint density at radius 2 is 1.90 bits per heavy atom. The number of pyridine rings is 1. The average Bonchev–Trinajstić information content (AvgIpc) is 3.43. The van der Waals surface area contributed by atoms with Crippen molar-refractivity contribution in [3.05, 3.63) is 114 Å². The van der Waals surface area contributed by atoms with Gasteiger partial charge in [-0.3, -0.25) is 10.1 Å². The van der Waals surface area contributed by atoms with Crippen LogP contribution < -0.4 is 0 Å². The van der Waals surface area contributed by atoms with Crippen LogP contribution >= 0.6 is 0 Å². The lowest BCUT2D eigenvalue weighted by molar-refractivity contribution is 0.215. The minimum absolute atomic E-state index is 0.657. The number of nitrogens with zero attached hydrogens (tertiary/aromatic N) is 2. The maximum Gasteiger partial charge on any atom is 0.115 e. The molecule has 3 rings (SSSR count). The number of allylic oxidation sites excluding steroid dienone is 11. The lowest BCUT2D eigenvalue weighted by Gasteiger charge is -2.23. The Hall–Kier alpha value is -3.66. The Kier molecular flexibility index (Phi) is 12.9. The van der Waals surface area contributed by atoms with Crippen molar-refractivity contribution in [2.75, 3.05) is 6.61 Å². The molecule has 0 aromatic carbocycles. The van der Waals surface area contributed by atoms with Crippen LogP contribution in [0.25, 0.3) is 17.0 Å². The molecule has 1 aliphatic carbocycles. The number of rotatable bonds is 15. The Bertz CT molecular complexity index is 1320. The number of aryl methyl sites for hydroxylation is 1. The summed E-state index contributed by atoms with van der Waals surface area (Å²) in [7, 11) is 0. The first-order valence-electron chi connectivity index (χ1n) is 15.3. The number of hydrogen-bond donors (Lipinski definition) is 1. The molecule has 1 aliphatic rings. The van der Waals surface area contributed by atoms with Gasteiger partial charge in [0.1, 0.15) is 5.76 Å². The first-order chi connectivity index (χ1) is 19.8. The van der Waals surface area contributed by atoms with E-state index in [1.807, 2.05) is 44.3 Å². The summed E-state index contributed by atoms with van der Waals surface area (Å²) in [6.07, 6.45) is 24.7. The molecular weight excluding hydrogens is 502 g/mol. The van der Waals surface area contributed by atoms with Crippen LogP contribution in [0.5, 0.6) is 0 Å². The summed E-state index contributed by atoms with van der Waals surface area (Å²) in [5.74, 6) is 2.21. The normalized spacial score (nSPS) is 18.5. The summed E-state index contributed by atoms with van der Waals surface area (Å²) in [5, 5.41) is 7.41. The van der Waals surface area contributed by atoms with E-state index >= 15 is 0 Å². The third-order valence-electron chi connectivity index (χ3n) is 7.64. The lowest BCUT2D eigenvalue weighted by atomic mass is 9.83. The fourth-order valence-corrected chi connectivity index (χ4v) is 5.29. The number of hydrogen-bond acceptors (Lipinski definition) is 3. The average molecular weight is 552 g/mol. The zero-order valence-corrected chi connectivity index (χ0v) is 25.9. The van der Waals surface area contributed by atoms with E-state index in [4.69, 9.17) is 4.74 Å². The fraction of sp³-hybridized carbons (Fsp3) is 0.405. The number of aromatic nitrogens is 3. The third-order valence-corrected chi connectivity index (χ3v) is 7.64. The van der Waals surface area contributed by atoms with Gasteiger partial charge in [-0.2, -0.15) is 5.10 Å². The monoisotopic (exact) mass is 551 g/mol. The molecule has 4 nitrogen and oxygen atoms in total. The smallest absolute Gasteiger partial charge is 0.115 e. The van der Waals surface area contributed by atoms with Crippen LogP contribution in [0, 0.1) is 18.8 Å². The molecule has 0 amide bonds. The van der Waals surface area contributed by atoms with Crippen LogP contribution in [0.15, 0.2) is 103 Å². The Labute approximate surface area is 248 Å². The molecule has 1 atom stereocenters. The molecule has 0 spiro atoms. The first-order valence-corrected chi connectivity index (χ1v) is 15.3. The second-order valence-electron chi connectivity index (χ2n) is 11.3. The van der Waals surface area contributed by atoms with Crippen molar-refractivity contribution >= 4 is 5.57 Å². The summed E-state index contributed by atoms with van der Waals surface area (Å²) >= 11 is 0. The number of H-pyrrole nitrogens is 1. The highest BCUT2D eigenvalue weighted by Crippen LogP contribution is 2.30. The van der Waals surface area contributed by atoms with Crippen molar-refractivity contribution < 1.29 is 4.74 Å². The number of unbranched alkanes of at least 4 members (excludes halogenated alkanes) is 3. The Morgan fingerprint density at radius 1 is 1.10 bits per heavy atom. The Morgan fingerprint density at radius 3 is 2.63 bits per heavy atom. The van der Waals surface area contributed by atoms with E-state index in [1.165, 1.54) is 37.7 Å². The molecule has 218 valence electrons. The molecule has 1 N–H and O–H groups in total. The van der Waals surface area contributed by atoms with Gasteiger partial charge in [-0.15, -0.1) is 0 Å². The van der Waals surface area contributed by atoms with Gasteiger partial charge in [0.15, 0.2) is 0 Å². The summed E-state index contributed by atoms with van der Waals surface area (Å²) < 4.78 is 6.14. The molecule has 2 aromatic heterocycles. The summed E-state index contributed by atoms with van der Waals surface area (Å²) in [5.41, 5.74) is 8.21. The van der Waals surface area contributed by atoms with Gasteiger partial charge in [0.2, 0.25) is 0 Å². The van der Waals surface area contributed by atoms with Gasteiger partial charge in [0.25, 0.3) is 0 Å². The van der Waals surface area contributed by atoms with Gasteiger partial charge >= 0.3 is 0 Å². The molecule has 2 aromatic rings. The summed E-state index contributed by atoms with van der Waals surface area (Å²) in [4.78, 5) is 4.66. The third kappa shape index (κ3) is 9.74. The minimum Gasteiger partial charge on any atom is -0.494 e. The zero-order chi connectivity index (χ0) is 29.6. The van der Waals surface area contributed by atoms with Gasteiger partial charge in [-0.05, 0) is 85.9 Å². The summed E-state index contributed by atoms with van der Waals surface area (Å²) in [6, 6.07) is 6.01. The van der Waals surface area contributed by atoms with Crippen molar-refractivity contribution in [1.82, 2.24) is 15.2 Å². The molecule has 0 aliphatic heterocycles. The molecular formula is C37H49N3O. The molecule has 41 heavy (non-hydrogen) atoms. The number of ether oxygens (including phenoxy) is 1. The maximum absolute atomic E-state index is 6.14. The van der Waals surface area contributed by atoms with E-state index in [0.717, 1.165) is 64.6 Å². The van der Waals surface area contributed by atoms with Crippen molar-refractivity contribution in [3.8, 4) is 11.4 Å². The second kappa shape index (κ2) is 16.6. The molecule has 2 heterocycles. The van der Waals surface area contributed by atoms with E-state index in [9.17, 15) is 0 Å². The molecule has 0 bridgehead atoms. The van der Waals surface area contributed by atoms with E-state index in [1.54, 1.807) is 0 Å². The second-order valence-corrected chi connectivity index (χ2v) is 11.3. The number of nitrogens with one attached hydrogen (secondary N) is 1. The van der Waals surface area contributed by atoms with Crippen molar-refractivity contribution in [3.63, 3.8) is 0 Å². The van der Waals surface area contributed by atoms with Gasteiger partial charge < -0.3 is 4.74 Å². The van der Waals surface area contributed by atoms with Gasteiger partial charge in [-0.1, -0.05) is 102 Å². The van der Waals surface area contributed by atoms with Crippen molar-refractivity contribution in [2.45, 2.75) is 79.6 Å². The molecule has 0 radical (unpaired) electrons. The van der Waals surface area contributed by atoms with Crippen LogP contribution in [0.2, 0.25) is 0 Å². The highest BCUT2D eigenvalue weighted by atomic mass is 16.5. The van der Waals surface area contributed by atoms with E-state index in [-0.39, 0.29) is 0 Å². The van der Waals surface area contributed by atoms with Gasteiger partial charge in [0, 0.05) is 11.3 Å². The van der Waals surface area contributed by atoms with E-state index < -0.39 is 0 Å². The fourth-order valence-electron chi connectivity index (χ4n) is 5.29.